The summed E-state index contributed by atoms with van der Waals surface area (Å²) < 4.78 is 1.88. The number of hydrogen-bond acceptors (Lipinski definition) is 3. The van der Waals surface area contributed by atoms with E-state index in [1.54, 1.807) is 18.3 Å². The number of aromatic nitrogens is 3. The quantitative estimate of drug-likeness (QED) is 0.833. The Labute approximate surface area is 99.1 Å². The standard InChI is InChI=1S/C11H13ClN4/c1-2-3-10-14-6-7-16(10)11-8(13)4-5-9(12)15-11/h4-7H,2-3,13H2,1H3. The number of pyridine rings is 1. The van der Waals surface area contributed by atoms with Gasteiger partial charge in [0, 0.05) is 18.8 Å². The van der Waals surface area contributed by atoms with Gasteiger partial charge in [0.05, 0.1) is 5.69 Å². The van der Waals surface area contributed by atoms with Crippen LogP contribution in [0.4, 0.5) is 5.69 Å². The van der Waals surface area contributed by atoms with E-state index in [2.05, 4.69) is 16.9 Å². The van der Waals surface area contributed by atoms with Crippen molar-refractivity contribution in [3.8, 4) is 5.82 Å². The second-order valence-electron chi connectivity index (χ2n) is 3.51. The summed E-state index contributed by atoms with van der Waals surface area (Å²) in [5.41, 5.74) is 6.47. The van der Waals surface area contributed by atoms with Gasteiger partial charge in [-0.2, -0.15) is 0 Å². The average molecular weight is 237 g/mol. The molecule has 84 valence electrons. The summed E-state index contributed by atoms with van der Waals surface area (Å²) in [6.45, 7) is 2.10. The molecule has 2 heterocycles. The molecular weight excluding hydrogens is 224 g/mol. The van der Waals surface area contributed by atoms with Crippen molar-refractivity contribution in [3.63, 3.8) is 0 Å². The smallest absolute Gasteiger partial charge is 0.163 e. The SMILES string of the molecule is CCCc1nccn1-c1nc(Cl)ccc1N. The summed E-state index contributed by atoms with van der Waals surface area (Å²) in [4.78, 5) is 8.50. The molecule has 0 spiro atoms. The molecule has 5 heteroatoms. The molecule has 0 saturated heterocycles. The Morgan fingerprint density at radius 3 is 3.00 bits per heavy atom. The molecule has 0 aliphatic heterocycles. The fraction of sp³-hybridized carbons (Fsp3) is 0.273. The molecule has 2 aromatic heterocycles. The third-order valence-corrected chi connectivity index (χ3v) is 2.50. The summed E-state index contributed by atoms with van der Waals surface area (Å²) in [6.07, 6.45) is 5.51. The molecule has 0 atom stereocenters. The van der Waals surface area contributed by atoms with Gasteiger partial charge in [-0.25, -0.2) is 9.97 Å². The lowest BCUT2D eigenvalue weighted by atomic mass is 10.3. The molecule has 0 aromatic carbocycles. The first kappa shape index (κ1) is 11.0. The van der Waals surface area contributed by atoms with Crippen LogP contribution in [0.15, 0.2) is 24.5 Å². The Morgan fingerprint density at radius 1 is 1.44 bits per heavy atom. The highest BCUT2D eigenvalue weighted by Crippen LogP contribution is 2.19. The maximum Gasteiger partial charge on any atom is 0.163 e. The van der Waals surface area contributed by atoms with Crippen molar-refractivity contribution in [2.45, 2.75) is 19.8 Å². The van der Waals surface area contributed by atoms with Gasteiger partial charge in [0.25, 0.3) is 0 Å². The first-order valence-corrected chi connectivity index (χ1v) is 5.54. The van der Waals surface area contributed by atoms with Crippen molar-refractivity contribution >= 4 is 17.3 Å². The second-order valence-corrected chi connectivity index (χ2v) is 3.90. The molecule has 2 N–H and O–H groups in total. The average Bonchev–Trinajstić information content (AvgIpc) is 2.70. The molecule has 4 nitrogen and oxygen atoms in total. The minimum atomic E-state index is 0.431. The first-order chi connectivity index (χ1) is 7.72. The van der Waals surface area contributed by atoms with Crippen molar-refractivity contribution < 1.29 is 0 Å². The van der Waals surface area contributed by atoms with Gasteiger partial charge in [-0.1, -0.05) is 18.5 Å². The molecule has 0 aliphatic rings. The normalized spacial score (nSPS) is 10.6. The van der Waals surface area contributed by atoms with Crippen LogP contribution < -0.4 is 5.73 Å². The highest BCUT2D eigenvalue weighted by molar-refractivity contribution is 6.29. The number of nitrogen functional groups attached to an aromatic ring is 1. The predicted molar refractivity (Wildman–Crippen MR) is 64.8 cm³/mol. The van der Waals surface area contributed by atoms with E-state index < -0.39 is 0 Å². The van der Waals surface area contributed by atoms with E-state index in [1.807, 2.05) is 10.8 Å². The molecule has 16 heavy (non-hydrogen) atoms. The van der Waals surface area contributed by atoms with Crippen LogP contribution in [0.3, 0.4) is 0 Å². The largest absolute Gasteiger partial charge is 0.396 e. The Morgan fingerprint density at radius 2 is 2.25 bits per heavy atom. The highest BCUT2D eigenvalue weighted by atomic mass is 35.5. The van der Waals surface area contributed by atoms with Crippen molar-refractivity contribution in [2.75, 3.05) is 5.73 Å². The van der Waals surface area contributed by atoms with Crippen molar-refractivity contribution in [3.05, 3.63) is 35.5 Å². The van der Waals surface area contributed by atoms with E-state index >= 15 is 0 Å². The summed E-state index contributed by atoms with van der Waals surface area (Å²) in [6, 6.07) is 3.43. The number of aryl methyl sites for hydroxylation is 1. The number of nitrogens with zero attached hydrogens (tertiary/aromatic N) is 3. The van der Waals surface area contributed by atoms with Gasteiger partial charge in [-0.05, 0) is 18.6 Å². The van der Waals surface area contributed by atoms with Crippen LogP contribution in [0.5, 0.6) is 0 Å². The Hall–Kier alpha value is -1.55. The molecule has 0 unspecified atom stereocenters. The van der Waals surface area contributed by atoms with Gasteiger partial charge in [-0.3, -0.25) is 4.57 Å². The van der Waals surface area contributed by atoms with Gasteiger partial charge in [0.2, 0.25) is 0 Å². The maximum atomic E-state index is 5.88. The summed E-state index contributed by atoms with van der Waals surface area (Å²) in [5, 5.41) is 0.431. The first-order valence-electron chi connectivity index (χ1n) is 5.17. The molecule has 0 saturated carbocycles. The topological polar surface area (TPSA) is 56.7 Å². The lowest BCUT2D eigenvalue weighted by Gasteiger charge is -2.09. The van der Waals surface area contributed by atoms with Crippen LogP contribution in [-0.4, -0.2) is 14.5 Å². The number of hydrogen-bond donors (Lipinski definition) is 1. The van der Waals surface area contributed by atoms with E-state index in [1.165, 1.54) is 0 Å². The zero-order valence-electron chi connectivity index (χ0n) is 9.02. The van der Waals surface area contributed by atoms with Gasteiger partial charge in [0.15, 0.2) is 5.82 Å². The lowest BCUT2D eigenvalue weighted by Crippen LogP contribution is -2.06. The molecule has 2 aromatic rings. The van der Waals surface area contributed by atoms with Crippen LogP contribution in [0.2, 0.25) is 5.15 Å². The zero-order valence-corrected chi connectivity index (χ0v) is 9.78. The van der Waals surface area contributed by atoms with Gasteiger partial charge < -0.3 is 5.73 Å². The fourth-order valence-electron chi connectivity index (χ4n) is 1.56. The fourth-order valence-corrected chi connectivity index (χ4v) is 1.71. The monoisotopic (exact) mass is 236 g/mol. The second kappa shape index (κ2) is 4.53. The summed E-state index contributed by atoms with van der Waals surface area (Å²) in [7, 11) is 0. The number of halogens is 1. The Kier molecular flexibility index (Phi) is 3.10. The lowest BCUT2D eigenvalue weighted by molar-refractivity contribution is 0.799. The summed E-state index contributed by atoms with van der Waals surface area (Å²) in [5.74, 6) is 1.59. The number of anilines is 1. The van der Waals surface area contributed by atoms with Crippen molar-refractivity contribution in [1.29, 1.82) is 0 Å². The van der Waals surface area contributed by atoms with Crippen LogP contribution in [0.25, 0.3) is 5.82 Å². The van der Waals surface area contributed by atoms with Crippen LogP contribution in [0, 0.1) is 0 Å². The van der Waals surface area contributed by atoms with Gasteiger partial charge in [-0.15, -0.1) is 0 Å². The number of imidazole rings is 1. The van der Waals surface area contributed by atoms with Crippen LogP contribution in [-0.2, 0) is 6.42 Å². The summed E-state index contributed by atoms with van der Waals surface area (Å²) >= 11 is 5.86. The van der Waals surface area contributed by atoms with Crippen LogP contribution in [0.1, 0.15) is 19.2 Å². The van der Waals surface area contributed by atoms with E-state index in [0.717, 1.165) is 18.7 Å². The van der Waals surface area contributed by atoms with Gasteiger partial charge in [0.1, 0.15) is 11.0 Å². The molecule has 0 amide bonds. The number of rotatable bonds is 3. The minimum Gasteiger partial charge on any atom is -0.396 e. The Bertz CT molecular complexity index is 492. The van der Waals surface area contributed by atoms with E-state index in [-0.39, 0.29) is 0 Å². The van der Waals surface area contributed by atoms with E-state index in [9.17, 15) is 0 Å². The Balaban J connectivity index is 2.49. The molecule has 0 bridgehead atoms. The third-order valence-electron chi connectivity index (χ3n) is 2.29. The van der Waals surface area contributed by atoms with Gasteiger partial charge >= 0.3 is 0 Å². The molecule has 0 radical (unpaired) electrons. The van der Waals surface area contributed by atoms with Crippen molar-refractivity contribution in [2.24, 2.45) is 0 Å². The molecule has 0 fully saturated rings. The van der Waals surface area contributed by atoms with Crippen LogP contribution >= 0.6 is 11.6 Å². The van der Waals surface area contributed by atoms with E-state index in [0.29, 0.717) is 16.7 Å². The zero-order chi connectivity index (χ0) is 11.5. The molecular formula is C11H13ClN4. The predicted octanol–water partition coefficient (Wildman–Crippen LogP) is 2.46. The molecule has 2 rings (SSSR count). The maximum absolute atomic E-state index is 5.88. The molecule has 0 aliphatic carbocycles. The third kappa shape index (κ3) is 2.02. The van der Waals surface area contributed by atoms with E-state index in [4.69, 9.17) is 17.3 Å². The highest BCUT2D eigenvalue weighted by Gasteiger charge is 2.09. The minimum absolute atomic E-state index is 0.431. The number of nitrogens with two attached hydrogens (primary N) is 1. The van der Waals surface area contributed by atoms with Crippen molar-refractivity contribution in [1.82, 2.24) is 14.5 Å².